The lowest BCUT2D eigenvalue weighted by Gasteiger charge is -2.16. The van der Waals surface area contributed by atoms with E-state index in [1.807, 2.05) is 12.1 Å². The van der Waals surface area contributed by atoms with Crippen LogP contribution in [0.25, 0.3) is 0 Å². The molecule has 0 aliphatic carbocycles. The monoisotopic (exact) mass is 221 g/mol. The van der Waals surface area contributed by atoms with E-state index in [4.69, 9.17) is 4.74 Å². The normalized spacial score (nSPS) is 25.0. The third-order valence-corrected chi connectivity index (χ3v) is 2.96. The molecule has 2 N–H and O–H groups in total. The summed E-state index contributed by atoms with van der Waals surface area (Å²) in [5.74, 6) is 1.37. The molecule has 0 aromatic heterocycles. The molecule has 1 aromatic rings. The lowest BCUT2D eigenvalue weighted by Crippen LogP contribution is -2.29. The van der Waals surface area contributed by atoms with Gasteiger partial charge in [0.15, 0.2) is 0 Å². The lowest BCUT2D eigenvalue weighted by atomic mass is 10.0. The molecule has 2 atom stereocenters. The minimum atomic E-state index is -0.398. The Hall–Kier alpha value is -1.06. The Morgan fingerprint density at radius 2 is 1.94 bits per heavy atom. The van der Waals surface area contributed by atoms with Crippen LogP contribution in [-0.2, 0) is 0 Å². The van der Waals surface area contributed by atoms with E-state index >= 15 is 0 Å². The second kappa shape index (κ2) is 4.85. The summed E-state index contributed by atoms with van der Waals surface area (Å²) in [5.41, 5.74) is 1.30. The Balaban J connectivity index is 1.99. The summed E-state index contributed by atoms with van der Waals surface area (Å²) in [4.78, 5) is 0. The standard InChI is InChI=1S/C13H19NO2/c1-9(2)10-3-5-11(6-4-10)16-13-8-14-7-12(13)15/h3-6,9,12-15H,7-8H2,1-2H3. The van der Waals surface area contributed by atoms with Gasteiger partial charge in [0.1, 0.15) is 18.0 Å². The Bertz CT molecular complexity index is 334. The lowest BCUT2D eigenvalue weighted by molar-refractivity contribution is 0.0737. The second-order valence-electron chi connectivity index (χ2n) is 4.61. The molecule has 2 rings (SSSR count). The molecule has 16 heavy (non-hydrogen) atoms. The first-order valence-corrected chi connectivity index (χ1v) is 5.82. The number of nitrogens with one attached hydrogen (secondary N) is 1. The zero-order valence-corrected chi connectivity index (χ0v) is 9.81. The highest BCUT2D eigenvalue weighted by Gasteiger charge is 2.26. The minimum Gasteiger partial charge on any atom is -0.486 e. The van der Waals surface area contributed by atoms with Crippen LogP contribution in [0.2, 0.25) is 0 Å². The molecule has 3 heteroatoms. The van der Waals surface area contributed by atoms with Crippen LogP contribution in [0.3, 0.4) is 0 Å². The Labute approximate surface area is 96.4 Å². The highest BCUT2D eigenvalue weighted by atomic mass is 16.5. The van der Waals surface area contributed by atoms with Crippen LogP contribution in [0.5, 0.6) is 5.75 Å². The number of benzene rings is 1. The Morgan fingerprint density at radius 3 is 2.44 bits per heavy atom. The van der Waals surface area contributed by atoms with Crippen LogP contribution in [0.1, 0.15) is 25.3 Å². The molecule has 3 nitrogen and oxygen atoms in total. The van der Waals surface area contributed by atoms with Gasteiger partial charge in [0.2, 0.25) is 0 Å². The third kappa shape index (κ3) is 2.54. The van der Waals surface area contributed by atoms with Crippen molar-refractivity contribution in [2.24, 2.45) is 0 Å². The minimum absolute atomic E-state index is 0.120. The maximum atomic E-state index is 9.61. The van der Waals surface area contributed by atoms with Crippen molar-refractivity contribution in [3.8, 4) is 5.75 Å². The molecule has 0 amide bonds. The largest absolute Gasteiger partial charge is 0.486 e. The number of hydrogen-bond acceptors (Lipinski definition) is 3. The average Bonchev–Trinajstić information content (AvgIpc) is 2.65. The highest BCUT2D eigenvalue weighted by molar-refractivity contribution is 5.29. The number of aliphatic hydroxyl groups excluding tert-OH is 1. The average molecular weight is 221 g/mol. The molecule has 2 unspecified atom stereocenters. The zero-order chi connectivity index (χ0) is 11.5. The van der Waals surface area contributed by atoms with Gasteiger partial charge in [0, 0.05) is 13.1 Å². The van der Waals surface area contributed by atoms with Gasteiger partial charge in [-0.3, -0.25) is 0 Å². The van der Waals surface area contributed by atoms with Gasteiger partial charge >= 0.3 is 0 Å². The summed E-state index contributed by atoms with van der Waals surface area (Å²) in [5, 5.41) is 12.7. The maximum Gasteiger partial charge on any atom is 0.138 e. The van der Waals surface area contributed by atoms with Gasteiger partial charge in [0.25, 0.3) is 0 Å². The summed E-state index contributed by atoms with van der Waals surface area (Å²) in [7, 11) is 0. The summed E-state index contributed by atoms with van der Waals surface area (Å²) >= 11 is 0. The van der Waals surface area contributed by atoms with E-state index in [1.54, 1.807) is 0 Å². The number of rotatable bonds is 3. The molecule has 0 spiro atoms. The first kappa shape index (κ1) is 11.4. The van der Waals surface area contributed by atoms with E-state index < -0.39 is 6.10 Å². The van der Waals surface area contributed by atoms with Gasteiger partial charge in [-0.05, 0) is 23.6 Å². The van der Waals surface area contributed by atoms with Crippen molar-refractivity contribution in [2.75, 3.05) is 13.1 Å². The van der Waals surface area contributed by atoms with Crippen molar-refractivity contribution in [3.63, 3.8) is 0 Å². The molecular formula is C13H19NO2. The van der Waals surface area contributed by atoms with Gasteiger partial charge in [-0.1, -0.05) is 26.0 Å². The number of aliphatic hydroxyl groups is 1. The fraction of sp³-hybridized carbons (Fsp3) is 0.538. The van der Waals surface area contributed by atoms with E-state index in [0.717, 1.165) is 5.75 Å². The topological polar surface area (TPSA) is 41.5 Å². The molecule has 1 aliphatic heterocycles. The molecule has 1 aromatic carbocycles. The molecule has 1 aliphatic rings. The first-order valence-electron chi connectivity index (χ1n) is 5.82. The fourth-order valence-corrected chi connectivity index (χ4v) is 1.87. The van der Waals surface area contributed by atoms with E-state index in [-0.39, 0.29) is 6.10 Å². The van der Waals surface area contributed by atoms with Crippen molar-refractivity contribution in [2.45, 2.75) is 32.0 Å². The Morgan fingerprint density at radius 1 is 1.25 bits per heavy atom. The SMILES string of the molecule is CC(C)c1ccc(OC2CNCC2O)cc1. The van der Waals surface area contributed by atoms with Crippen molar-refractivity contribution in [3.05, 3.63) is 29.8 Å². The fourth-order valence-electron chi connectivity index (χ4n) is 1.87. The van der Waals surface area contributed by atoms with Crippen LogP contribution in [0.4, 0.5) is 0 Å². The zero-order valence-electron chi connectivity index (χ0n) is 9.81. The Kier molecular flexibility index (Phi) is 3.46. The first-order chi connectivity index (χ1) is 7.66. The predicted octanol–water partition coefficient (Wildman–Crippen LogP) is 1.52. The van der Waals surface area contributed by atoms with Gasteiger partial charge in [-0.15, -0.1) is 0 Å². The quantitative estimate of drug-likeness (QED) is 0.813. The van der Waals surface area contributed by atoms with E-state index in [0.29, 0.717) is 19.0 Å². The van der Waals surface area contributed by atoms with Crippen molar-refractivity contribution in [1.82, 2.24) is 5.32 Å². The second-order valence-corrected chi connectivity index (χ2v) is 4.61. The molecular weight excluding hydrogens is 202 g/mol. The molecule has 1 fully saturated rings. The van der Waals surface area contributed by atoms with Crippen molar-refractivity contribution in [1.29, 1.82) is 0 Å². The summed E-state index contributed by atoms with van der Waals surface area (Å²) < 4.78 is 5.71. The van der Waals surface area contributed by atoms with Crippen LogP contribution < -0.4 is 10.1 Å². The van der Waals surface area contributed by atoms with Gasteiger partial charge in [0.05, 0.1) is 0 Å². The van der Waals surface area contributed by atoms with Crippen LogP contribution >= 0.6 is 0 Å². The van der Waals surface area contributed by atoms with Crippen LogP contribution in [0.15, 0.2) is 24.3 Å². The molecule has 0 radical (unpaired) electrons. The maximum absolute atomic E-state index is 9.61. The van der Waals surface area contributed by atoms with Crippen molar-refractivity contribution < 1.29 is 9.84 Å². The van der Waals surface area contributed by atoms with Crippen molar-refractivity contribution >= 4 is 0 Å². The summed E-state index contributed by atoms with van der Waals surface area (Å²) in [6.07, 6.45) is -0.519. The van der Waals surface area contributed by atoms with Crippen LogP contribution in [0, 0.1) is 0 Å². The highest BCUT2D eigenvalue weighted by Crippen LogP contribution is 2.20. The molecule has 0 saturated carbocycles. The molecule has 1 saturated heterocycles. The van der Waals surface area contributed by atoms with E-state index in [1.165, 1.54) is 5.56 Å². The summed E-state index contributed by atoms with van der Waals surface area (Å²) in [6, 6.07) is 8.10. The number of hydrogen-bond donors (Lipinski definition) is 2. The summed E-state index contributed by atoms with van der Waals surface area (Å²) in [6.45, 7) is 5.67. The van der Waals surface area contributed by atoms with Gasteiger partial charge in [-0.2, -0.15) is 0 Å². The third-order valence-electron chi connectivity index (χ3n) is 2.96. The van der Waals surface area contributed by atoms with E-state index in [2.05, 4.69) is 31.3 Å². The van der Waals surface area contributed by atoms with Crippen LogP contribution in [-0.4, -0.2) is 30.4 Å². The van der Waals surface area contributed by atoms with E-state index in [9.17, 15) is 5.11 Å². The molecule has 88 valence electrons. The molecule has 0 bridgehead atoms. The predicted molar refractivity (Wildman–Crippen MR) is 63.8 cm³/mol. The van der Waals surface area contributed by atoms with Gasteiger partial charge in [-0.25, -0.2) is 0 Å². The van der Waals surface area contributed by atoms with Gasteiger partial charge < -0.3 is 15.2 Å². The smallest absolute Gasteiger partial charge is 0.138 e. The number of ether oxygens (including phenoxy) is 1. The molecule has 1 heterocycles. The number of β-amino-alcohol motifs (C(OH)–C–C–N with tert-alkyl or cyclic N) is 1.